The number of carbonyl (C=O) groups excluding carboxylic acids is 1. The second kappa shape index (κ2) is 5.90. The Labute approximate surface area is 151 Å². The van der Waals surface area contributed by atoms with E-state index < -0.39 is 12.3 Å². The number of hydrogen-bond donors (Lipinski definition) is 2. The van der Waals surface area contributed by atoms with Crippen molar-refractivity contribution in [3.05, 3.63) is 30.0 Å². The van der Waals surface area contributed by atoms with Gasteiger partial charge in [-0.1, -0.05) is 0 Å². The molecule has 1 unspecified atom stereocenters. The van der Waals surface area contributed by atoms with Crippen LogP contribution in [0.2, 0.25) is 0 Å². The van der Waals surface area contributed by atoms with Gasteiger partial charge in [0.05, 0.1) is 5.92 Å². The number of piperidine rings is 1. The van der Waals surface area contributed by atoms with E-state index >= 15 is 0 Å². The maximum atomic E-state index is 12.7. The van der Waals surface area contributed by atoms with Crippen LogP contribution in [-0.4, -0.2) is 46.3 Å². The Hall–Kier alpha value is -2.71. The molecule has 2 aromatic rings. The number of halogens is 3. The fraction of sp³-hybridized carbons (Fsp3) is 0.444. The minimum atomic E-state index is -4.78. The number of rotatable bonds is 3. The van der Waals surface area contributed by atoms with Crippen molar-refractivity contribution in [1.29, 1.82) is 0 Å². The van der Waals surface area contributed by atoms with E-state index in [1.165, 1.54) is 18.2 Å². The van der Waals surface area contributed by atoms with Gasteiger partial charge in [0.15, 0.2) is 0 Å². The first-order chi connectivity index (χ1) is 12.7. The van der Waals surface area contributed by atoms with Crippen LogP contribution in [0.3, 0.4) is 0 Å². The number of ether oxygens (including phenoxy) is 1. The zero-order valence-electron chi connectivity index (χ0n) is 14.2. The summed E-state index contributed by atoms with van der Waals surface area (Å²) in [4.78, 5) is 28.3. The summed E-state index contributed by atoms with van der Waals surface area (Å²) in [5.74, 6) is -1.69. The minimum absolute atomic E-state index is 0.174. The summed E-state index contributed by atoms with van der Waals surface area (Å²) in [5.41, 5.74) is 0.491. The van der Waals surface area contributed by atoms with E-state index in [-0.39, 0.29) is 28.7 Å². The molecule has 1 amide bonds. The number of aromatic nitrogens is 1. The van der Waals surface area contributed by atoms with Crippen LogP contribution in [-0.2, 0) is 4.79 Å². The number of likely N-dealkylation sites (tertiary alicyclic amines) is 1. The second-order valence-electron chi connectivity index (χ2n) is 7.23. The molecular formula is C18H17F3N2O4. The summed E-state index contributed by atoms with van der Waals surface area (Å²) >= 11 is 0. The normalized spacial score (nSPS) is 21.4. The molecule has 1 spiro atoms. The second-order valence-corrected chi connectivity index (χ2v) is 7.23. The van der Waals surface area contributed by atoms with Crippen LogP contribution in [0.1, 0.15) is 29.8 Å². The minimum Gasteiger partial charge on any atom is -0.481 e. The third-order valence-electron chi connectivity index (χ3n) is 5.59. The number of carboxylic acids is 1. The molecular weight excluding hydrogens is 365 g/mol. The largest absolute Gasteiger partial charge is 0.573 e. The molecule has 0 radical (unpaired) electrons. The van der Waals surface area contributed by atoms with Crippen LogP contribution in [0.15, 0.2) is 24.3 Å². The lowest BCUT2D eigenvalue weighted by atomic mass is 9.90. The molecule has 1 aromatic heterocycles. The lowest BCUT2D eigenvalue weighted by Crippen LogP contribution is -2.40. The summed E-state index contributed by atoms with van der Waals surface area (Å²) in [6.45, 7) is 0.945. The van der Waals surface area contributed by atoms with Crippen molar-refractivity contribution >= 4 is 22.8 Å². The third-order valence-corrected chi connectivity index (χ3v) is 5.59. The van der Waals surface area contributed by atoms with Gasteiger partial charge >= 0.3 is 12.3 Å². The number of benzene rings is 1. The molecule has 1 atom stereocenters. The highest BCUT2D eigenvalue weighted by Gasteiger charge is 2.59. The standard InChI is InChI=1S/C18H17F3N2O4/c19-18(20,21)27-11-2-1-10-7-14(22-13(10)8-11)15(24)23-5-3-17(4-6-23)9-12(17)16(25)26/h1-2,7-8,12,22H,3-6,9H2,(H,25,26). The van der Waals surface area contributed by atoms with Gasteiger partial charge in [-0.2, -0.15) is 0 Å². The van der Waals surface area contributed by atoms with E-state index in [9.17, 15) is 22.8 Å². The number of carbonyl (C=O) groups is 2. The summed E-state index contributed by atoms with van der Waals surface area (Å²) in [7, 11) is 0. The van der Waals surface area contributed by atoms with E-state index in [0.717, 1.165) is 0 Å². The number of aromatic amines is 1. The topological polar surface area (TPSA) is 82.6 Å². The number of nitrogens with zero attached hydrogens (tertiary/aromatic N) is 1. The quantitative estimate of drug-likeness (QED) is 0.853. The molecule has 4 rings (SSSR count). The van der Waals surface area contributed by atoms with Gasteiger partial charge in [-0.15, -0.1) is 13.2 Å². The number of alkyl halides is 3. The molecule has 1 saturated heterocycles. The highest BCUT2D eigenvalue weighted by atomic mass is 19.4. The van der Waals surface area contributed by atoms with Gasteiger partial charge in [-0.25, -0.2) is 0 Å². The van der Waals surface area contributed by atoms with Crippen LogP contribution >= 0.6 is 0 Å². The Kier molecular flexibility index (Phi) is 3.87. The summed E-state index contributed by atoms with van der Waals surface area (Å²) in [5, 5.41) is 9.74. The number of amides is 1. The van der Waals surface area contributed by atoms with Crippen molar-refractivity contribution in [2.45, 2.75) is 25.6 Å². The predicted molar refractivity (Wildman–Crippen MR) is 88.3 cm³/mol. The van der Waals surface area contributed by atoms with E-state index in [0.29, 0.717) is 43.3 Å². The van der Waals surface area contributed by atoms with Gasteiger partial charge < -0.3 is 19.7 Å². The highest BCUT2D eigenvalue weighted by Crippen LogP contribution is 2.59. The number of aliphatic carboxylic acids is 1. The maximum absolute atomic E-state index is 12.7. The first-order valence-electron chi connectivity index (χ1n) is 8.57. The molecule has 1 aliphatic carbocycles. The summed E-state index contributed by atoms with van der Waals surface area (Å²) < 4.78 is 40.9. The van der Waals surface area contributed by atoms with Crippen LogP contribution in [0.25, 0.3) is 10.9 Å². The predicted octanol–water partition coefficient (Wildman–Crippen LogP) is 3.39. The highest BCUT2D eigenvalue weighted by molar-refractivity contribution is 5.98. The van der Waals surface area contributed by atoms with Crippen molar-refractivity contribution in [2.24, 2.45) is 11.3 Å². The first-order valence-corrected chi connectivity index (χ1v) is 8.57. The van der Waals surface area contributed by atoms with Gasteiger partial charge in [0.25, 0.3) is 5.91 Å². The van der Waals surface area contributed by atoms with Crippen molar-refractivity contribution in [1.82, 2.24) is 9.88 Å². The van der Waals surface area contributed by atoms with E-state index in [1.807, 2.05) is 0 Å². The maximum Gasteiger partial charge on any atom is 0.573 e. The van der Waals surface area contributed by atoms with Gasteiger partial charge in [-0.05, 0) is 42.9 Å². The molecule has 2 heterocycles. The van der Waals surface area contributed by atoms with Gasteiger partial charge in [-0.3, -0.25) is 9.59 Å². The van der Waals surface area contributed by atoms with Crippen LogP contribution in [0.5, 0.6) is 5.75 Å². The number of carboxylic acid groups (broad SMARTS) is 1. The van der Waals surface area contributed by atoms with Gasteiger partial charge in [0.2, 0.25) is 0 Å². The van der Waals surface area contributed by atoms with Gasteiger partial charge in [0.1, 0.15) is 11.4 Å². The molecule has 1 saturated carbocycles. The average Bonchev–Trinajstić information content (AvgIpc) is 3.12. The summed E-state index contributed by atoms with van der Waals surface area (Å²) in [6.07, 6.45) is -2.81. The molecule has 2 fully saturated rings. The van der Waals surface area contributed by atoms with E-state index in [2.05, 4.69) is 9.72 Å². The molecule has 6 nitrogen and oxygen atoms in total. The third kappa shape index (κ3) is 3.33. The van der Waals surface area contributed by atoms with Crippen LogP contribution in [0, 0.1) is 11.3 Å². The molecule has 1 aliphatic heterocycles. The van der Waals surface area contributed by atoms with E-state index in [4.69, 9.17) is 5.11 Å². The Morgan fingerprint density at radius 3 is 2.52 bits per heavy atom. The molecule has 27 heavy (non-hydrogen) atoms. The molecule has 2 N–H and O–H groups in total. The molecule has 2 aliphatic rings. The first kappa shape index (κ1) is 17.7. The fourth-order valence-corrected chi connectivity index (χ4v) is 3.99. The average molecular weight is 382 g/mol. The smallest absolute Gasteiger partial charge is 0.481 e. The summed E-state index contributed by atoms with van der Waals surface area (Å²) in [6, 6.07) is 5.45. The molecule has 9 heteroatoms. The van der Waals surface area contributed by atoms with Crippen molar-refractivity contribution in [2.75, 3.05) is 13.1 Å². The number of fused-ring (bicyclic) bond motifs is 1. The van der Waals surface area contributed by atoms with Crippen molar-refractivity contribution < 1.29 is 32.6 Å². The SMILES string of the molecule is O=C(O)C1CC12CCN(C(=O)c1cc3ccc(OC(F)(F)F)cc3[nH]1)CC2. The fourth-order valence-electron chi connectivity index (χ4n) is 3.99. The Bertz CT molecular complexity index is 913. The Morgan fingerprint density at radius 2 is 1.93 bits per heavy atom. The monoisotopic (exact) mass is 382 g/mol. The Balaban J connectivity index is 1.46. The lowest BCUT2D eigenvalue weighted by molar-refractivity contribution is -0.274. The van der Waals surface area contributed by atoms with Crippen molar-refractivity contribution in [3.8, 4) is 5.75 Å². The Morgan fingerprint density at radius 1 is 1.22 bits per heavy atom. The number of H-pyrrole nitrogens is 1. The van der Waals surface area contributed by atoms with Gasteiger partial charge in [0, 0.05) is 30.1 Å². The van der Waals surface area contributed by atoms with Crippen LogP contribution < -0.4 is 4.74 Å². The zero-order chi connectivity index (χ0) is 19.4. The number of nitrogens with one attached hydrogen (secondary N) is 1. The molecule has 144 valence electrons. The number of hydrogen-bond acceptors (Lipinski definition) is 3. The zero-order valence-corrected chi connectivity index (χ0v) is 14.2. The van der Waals surface area contributed by atoms with Crippen molar-refractivity contribution in [3.63, 3.8) is 0 Å². The molecule has 0 bridgehead atoms. The van der Waals surface area contributed by atoms with Crippen LogP contribution in [0.4, 0.5) is 13.2 Å². The lowest BCUT2D eigenvalue weighted by Gasteiger charge is -2.32. The molecule has 1 aromatic carbocycles. The van der Waals surface area contributed by atoms with E-state index in [1.54, 1.807) is 11.0 Å².